The van der Waals surface area contributed by atoms with Crippen molar-refractivity contribution in [1.29, 1.82) is 0 Å². The van der Waals surface area contributed by atoms with Crippen molar-refractivity contribution in [2.75, 3.05) is 6.54 Å². The monoisotopic (exact) mass is 210 g/mol. The van der Waals surface area contributed by atoms with E-state index in [-0.39, 0.29) is 25.3 Å². The maximum atomic E-state index is 11.8. The van der Waals surface area contributed by atoms with E-state index in [1.165, 1.54) is 0 Å². The van der Waals surface area contributed by atoms with Crippen LogP contribution in [0.25, 0.3) is 0 Å². The zero-order chi connectivity index (χ0) is 10.8. The van der Waals surface area contributed by atoms with E-state index in [1.807, 2.05) is 0 Å². The Balaban J connectivity index is 2.38. The molecule has 1 aliphatic rings. The van der Waals surface area contributed by atoms with Gasteiger partial charge in [-0.2, -0.15) is 13.2 Å². The summed E-state index contributed by atoms with van der Waals surface area (Å²) in [5.41, 5.74) is 0. The minimum Gasteiger partial charge on any atom is -0.354 e. The van der Waals surface area contributed by atoms with Crippen LogP contribution in [-0.4, -0.2) is 30.6 Å². The minimum absolute atomic E-state index is 0.0562. The van der Waals surface area contributed by atoms with Crippen molar-refractivity contribution >= 4 is 11.8 Å². The number of rotatable bonds is 1. The highest BCUT2D eigenvalue weighted by atomic mass is 19.4. The molecule has 1 atom stereocenters. The first-order valence-corrected chi connectivity index (χ1v) is 4.04. The predicted molar refractivity (Wildman–Crippen MR) is 40.2 cm³/mol. The number of carbonyl (C=O) groups excluding carboxylic acids is 2. The lowest BCUT2D eigenvalue weighted by molar-refractivity contribution is -0.174. The van der Waals surface area contributed by atoms with Crippen LogP contribution in [0.1, 0.15) is 12.8 Å². The maximum Gasteiger partial charge on any atom is 0.471 e. The molecular weight excluding hydrogens is 201 g/mol. The SMILES string of the molecule is O=C1CCC(NC(=O)C(F)(F)F)CN1. The van der Waals surface area contributed by atoms with Crippen LogP contribution < -0.4 is 10.6 Å². The molecular formula is C7H9F3N2O2. The van der Waals surface area contributed by atoms with E-state index in [0.717, 1.165) is 0 Å². The predicted octanol–water partition coefficient (Wildman–Crippen LogP) is -0.0565. The van der Waals surface area contributed by atoms with E-state index in [1.54, 1.807) is 5.32 Å². The molecule has 0 bridgehead atoms. The number of carbonyl (C=O) groups is 2. The van der Waals surface area contributed by atoms with Crippen molar-refractivity contribution in [3.8, 4) is 0 Å². The first kappa shape index (κ1) is 10.8. The van der Waals surface area contributed by atoms with Crippen LogP contribution in [0, 0.1) is 0 Å². The van der Waals surface area contributed by atoms with Gasteiger partial charge in [-0.15, -0.1) is 0 Å². The molecule has 0 aromatic carbocycles. The van der Waals surface area contributed by atoms with E-state index in [4.69, 9.17) is 0 Å². The Bertz CT molecular complexity index is 242. The van der Waals surface area contributed by atoms with Gasteiger partial charge in [0, 0.05) is 19.0 Å². The molecule has 1 unspecified atom stereocenters. The number of halogens is 3. The molecule has 1 aliphatic heterocycles. The molecule has 0 spiro atoms. The van der Waals surface area contributed by atoms with Crippen LogP contribution in [0.3, 0.4) is 0 Å². The molecule has 1 heterocycles. The maximum absolute atomic E-state index is 11.8. The molecule has 0 radical (unpaired) electrons. The van der Waals surface area contributed by atoms with Gasteiger partial charge in [0.15, 0.2) is 0 Å². The Morgan fingerprint density at radius 2 is 2.14 bits per heavy atom. The topological polar surface area (TPSA) is 58.2 Å². The Labute approximate surface area is 77.8 Å². The average Bonchev–Trinajstić information content (AvgIpc) is 2.07. The fourth-order valence-corrected chi connectivity index (χ4v) is 1.12. The third-order valence-corrected chi connectivity index (χ3v) is 1.86. The third kappa shape index (κ3) is 2.90. The van der Waals surface area contributed by atoms with Crippen LogP contribution in [-0.2, 0) is 9.59 Å². The summed E-state index contributed by atoms with van der Waals surface area (Å²) in [7, 11) is 0. The fourth-order valence-electron chi connectivity index (χ4n) is 1.12. The van der Waals surface area contributed by atoms with Gasteiger partial charge in [0.05, 0.1) is 0 Å². The quantitative estimate of drug-likeness (QED) is 0.637. The van der Waals surface area contributed by atoms with E-state index < -0.39 is 18.1 Å². The van der Waals surface area contributed by atoms with Gasteiger partial charge in [-0.05, 0) is 6.42 Å². The number of hydrogen-bond acceptors (Lipinski definition) is 2. The molecule has 0 aliphatic carbocycles. The van der Waals surface area contributed by atoms with Gasteiger partial charge in [-0.3, -0.25) is 9.59 Å². The average molecular weight is 210 g/mol. The van der Waals surface area contributed by atoms with E-state index >= 15 is 0 Å². The minimum atomic E-state index is -4.86. The summed E-state index contributed by atoms with van der Waals surface area (Å²) < 4.78 is 35.3. The van der Waals surface area contributed by atoms with Gasteiger partial charge in [-0.1, -0.05) is 0 Å². The molecule has 1 fully saturated rings. The number of alkyl halides is 3. The summed E-state index contributed by atoms with van der Waals surface area (Å²) in [4.78, 5) is 21.1. The zero-order valence-corrected chi connectivity index (χ0v) is 7.15. The van der Waals surface area contributed by atoms with Crippen molar-refractivity contribution in [2.45, 2.75) is 25.1 Å². The summed E-state index contributed by atoms with van der Waals surface area (Å²) in [6.45, 7) is 0.0562. The Morgan fingerprint density at radius 3 is 2.57 bits per heavy atom. The Kier molecular flexibility index (Phi) is 2.97. The Hall–Kier alpha value is -1.27. The lowest BCUT2D eigenvalue weighted by Crippen LogP contribution is -2.51. The van der Waals surface area contributed by atoms with Gasteiger partial charge >= 0.3 is 12.1 Å². The van der Waals surface area contributed by atoms with Crippen LogP contribution in [0.15, 0.2) is 0 Å². The van der Waals surface area contributed by atoms with Crippen LogP contribution in [0.5, 0.6) is 0 Å². The highest BCUT2D eigenvalue weighted by molar-refractivity contribution is 5.82. The van der Waals surface area contributed by atoms with Gasteiger partial charge in [0.2, 0.25) is 5.91 Å². The van der Waals surface area contributed by atoms with E-state index in [9.17, 15) is 22.8 Å². The van der Waals surface area contributed by atoms with Gasteiger partial charge in [-0.25, -0.2) is 0 Å². The molecule has 7 heteroatoms. The van der Waals surface area contributed by atoms with Crippen molar-refractivity contribution in [1.82, 2.24) is 10.6 Å². The number of amides is 2. The number of piperidine rings is 1. The van der Waals surface area contributed by atoms with Crippen LogP contribution >= 0.6 is 0 Å². The van der Waals surface area contributed by atoms with Crippen LogP contribution in [0.2, 0.25) is 0 Å². The molecule has 0 aromatic rings. The molecule has 1 saturated heterocycles. The van der Waals surface area contributed by atoms with Crippen molar-refractivity contribution in [2.24, 2.45) is 0 Å². The van der Waals surface area contributed by atoms with Crippen molar-refractivity contribution < 1.29 is 22.8 Å². The van der Waals surface area contributed by atoms with Crippen molar-refractivity contribution in [3.05, 3.63) is 0 Å². The normalized spacial score (nSPS) is 22.8. The first-order valence-electron chi connectivity index (χ1n) is 4.04. The van der Waals surface area contributed by atoms with E-state index in [2.05, 4.69) is 5.32 Å². The first-order chi connectivity index (χ1) is 6.39. The second-order valence-corrected chi connectivity index (χ2v) is 3.01. The lowest BCUT2D eigenvalue weighted by atomic mass is 10.1. The molecule has 4 nitrogen and oxygen atoms in total. The standard InChI is InChI=1S/C7H9F3N2O2/c8-7(9,10)6(14)12-4-1-2-5(13)11-3-4/h4H,1-3H2,(H,11,13)(H,12,14). The molecule has 14 heavy (non-hydrogen) atoms. The molecule has 2 amide bonds. The second kappa shape index (κ2) is 3.85. The molecule has 2 N–H and O–H groups in total. The highest BCUT2D eigenvalue weighted by Gasteiger charge is 2.40. The fraction of sp³-hybridized carbons (Fsp3) is 0.714. The number of hydrogen-bond donors (Lipinski definition) is 2. The summed E-state index contributed by atoms with van der Waals surface area (Å²) in [5, 5.41) is 4.17. The van der Waals surface area contributed by atoms with Crippen molar-refractivity contribution in [3.63, 3.8) is 0 Å². The third-order valence-electron chi connectivity index (χ3n) is 1.86. The molecule has 0 aromatic heterocycles. The van der Waals surface area contributed by atoms with Gasteiger partial charge in [0.25, 0.3) is 0 Å². The summed E-state index contributed by atoms with van der Waals surface area (Å²) >= 11 is 0. The van der Waals surface area contributed by atoms with Gasteiger partial charge in [0.1, 0.15) is 0 Å². The zero-order valence-electron chi connectivity index (χ0n) is 7.15. The van der Waals surface area contributed by atoms with E-state index in [0.29, 0.717) is 0 Å². The van der Waals surface area contributed by atoms with Gasteiger partial charge < -0.3 is 10.6 Å². The molecule has 80 valence electrons. The van der Waals surface area contributed by atoms with Crippen LogP contribution in [0.4, 0.5) is 13.2 Å². The Morgan fingerprint density at radius 1 is 1.50 bits per heavy atom. The second-order valence-electron chi connectivity index (χ2n) is 3.01. The largest absolute Gasteiger partial charge is 0.471 e. The smallest absolute Gasteiger partial charge is 0.354 e. The molecule has 1 rings (SSSR count). The summed E-state index contributed by atoms with van der Waals surface area (Å²) in [6, 6.07) is -0.623. The lowest BCUT2D eigenvalue weighted by Gasteiger charge is -2.23. The number of nitrogens with one attached hydrogen (secondary N) is 2. The summed E-state index contributed by atoms with van der Waals surface area (Å²) in [6.07, 6.45) is -4.47. The highest BCUT2D eigenvalue weighted by Crippen LogP contribution is 2.15. The summed E-state index contributed by atoms with van der Waals surface area (Å²) in [5.74, 6) is -2.17. The molecule has 0 saturated carbocycles.